The zero-order valence-corrected chi connectivity index (χ0v) is 17.9. The largest absolute Gasteiger partial charge is 0.450 e. The van der Waals surface area contributed by atoms with Gasteiger partial charge in [-0.3, -0.25) is 4.99 Å². The van der Waals surface area contributed by atoms with Crippen LogP contribution in [0.4, 0.5) is 4.79 Å². The Labute approximate surface area is 168 Å². The van der Waals surface area contributed by atoms with Crippen molar-refractivity contribution in [3.05, 3.63) is 0 Å². The van der Waals surface area contributed by atoms with Crippen LogP contribution in [0.1, 0.15) is 39.5 Å². The summed E-state index contributed by atoms with van der Waals surface area (Å²) >= 11 is 0. The van der Waals surface area contributed by atoms with Crippen molar-refractivity contribution in [3.63, 3.8) is 0 Å². The second-order valence-corrected chi connectivity index (χ2v) is 6.73. The second kappa shape index (κ2) is 11.8. The lowest BCUT2D eigenvalue weighted by atomic mass is 9.98. The number of hydrogen-bond acceptors (Lipinski definition) is 4. The van der Waals surface area contributed by atoms with Crippen LogP contribution in [0, 0.1) is 5.92 Å². The number of amides is 1. The maximum Gasteiger partial charge on any atom is 0.409 e. The minimum Gasteiger partial charge on any atom is -0.450 e. The predicted octanol–water partition coefficient (Wildman–Crippen LogP) is 1.86. The monoisotopic (exact) mass is 467 g/mol. The van der Waals surface area contributed by atoms with Gasteiger partial charge in [0.25, 0.3) is 0 Å². The van der Waals surface area contributed by atoms with Gasteiger partial charge in [-0.25, -0.2) is 4.79 Å². The number of carbonyl (C=O) groups excluding carboxylic acids is 1. The number of piperidine rings is 2. The lowest BCUT2D eigenvalue weighted by Crippen LogP contribution is -2.48. The summed E-state index contributed by atoms with van der Waals surface area (Å²) in [5.41, 5.74) is 6.05. The van der Waals surface area contributed by atoms with E-state index in [4.69, 9.17) is 10.5 Å². The molecule has 0 aromatic heterocycles. The molecule has 0 spiro atoms. The van der Waals surface area contributed by atoms with Gasteiger partial charge in [0.15, 0.2) is 5.96 Å². The summed E-state index contributed by atoms with van der Waals surface area (Å²) in [7, 11) is 0. The minimum atomic E-state index is -0.213. The van der Waals surface area contributed by atoms with Crippen molar-refractivity contribution in [2.45, 2.75) is 45.6 Å². The smallest absolute Gasteiger partial charge is 0.409 e. The standard InChI is InChI=1S/C17H33N5O2.HI/c1-3-21-9-5-6-14(13-21)12-19-16(18)20-15-7-10-22(11-8-15)17(23)24-4-2;/h14-15H,3-13H2,1-2H3,(H3,18,19,20);1H. The molecule has 7 nitrogen and oxygen atoms in total. The molecular formula is C17H34IN5O2. The SMILES string of the molecule is CCOC(=O)N1CCC(NC(N)=NCC2CCCN(CC)C2)CC1.I. The van der Waals surface area contributed by atoms with Crippen molar-refractivity contribution in [2.24, 2.45) is 16.6 Å². The molecule has 146 valence electrons. The number of aliphatic imine (C=N–C) groups is 1. The van der Waals surface area contributed by atoms with Gasteiger partial charge in [0.05, 0.1) is 6.61 Å². The number of ether oxygens (including phenoxy) is 1. The fourth-order valence-electron chi connectivity index (χ4n) is 3.49. The average Bonchev–Trinajstić information content (AvgIpc) is 2.61. The third-order valence-electron chi connectivity index (χ3n) is 4.94. The first kappa shape index (κ1) is 22.3. The first-order chi connectivity index (χ1) is 11.6. The van der Waals surface area contributed by atoms with Gasteiger partial charge in [-0.1, -0.05) is 6.92 Å². The van der Waals surface area contributed by atoms with Gasteiger partial charge in [0.1, 0.15) is 0 Å². The molecule has 0 saturated carbocycles. The van der Waals surface area contributed by atoms with Crippen molar-refractivity contribution in [2.75, 3.05) is 45.9 Å². The van der Waals surface area contributed by atoms with Crippen LogP contribution in [0.25, 0.3) is 0 Å². The maximum atomic E-state index is 11.7. The van der Waals surface area contributed by atoms with E-state index in [1.165, 1.54) is 19.4 Å². The highest BCUT2D eigenvalue weighted by Gasteiger charge is 2.24. The van der Waals surface area contributed by atoms with Crippen LogP contribution in [-0.2, 0) is 4.74 Å². The molecule has 2 rings (SSSR count). The predicted molar refractivity (Wildman–Crippen MR) is 111 cm³/mol. The van der Waals surface area contributed by atoms with Crippen LogP contribution in [0.15, 0.2) is 4.99 Å². The van der Waals surface area contributed by atoms with E-state index in [0.717, 1.165) is 32.5 Å². The van der Waals surface area contributed by atoms with Gasteiger partial charge in [-0.15, -0.1) is 24.0 Å². The number of nitrogens with zero attached hydrogens (tertiary/aromatic N) is 3. The summed E-state index contributed by atoms with van der Waals surface area (Å²) in [5.74, 6) is 1.16. The summed E-state index contributed by atoms with van der Waals surface area (Å²) in [4.78, 5) is 20.5. The molecule has 0 aromatic rings. The Bertz CT molecular complexity index is 427. The summed E-state index contributed by atoms with van der Waals surface area (Å²) in [5, 5.41) is 3.31. The van der Waals surface area contributed by atoms with Crippen molar-refractivity contribution in [3.8, 4) is 0 Å². The Kier molecular flexibility index (Phi) is 10.5. The zero-order chi connectivity index (χ0) is 17.4. The first-order valence-electron chi connectivity index (χ1n) is 9.32. The molecule has 25 heavy (non-hydrogen) atoms. The summed E-state index contributed by atoms with van der Waals surface area (Å²) < 4.78 is 5.04. The molecule has 0 aliphatic carbocycles. The van der Waals surface area contributed by atoms with E-state index in [1.807, 2.05) is 6.92 Å². The van der Waals surface area contributed by atoms with Gasteiger partial charge in [0, 0.05) is 32.2 Å². The van der Waals surface area contributed by atoms with Crippen LogP contribution in [0.2, 0.25) is 0 Å². The van der Waals surface area contributed by atoms with Crippen LogP contribution in [0.3, 0.4) is 0 Å². The first-order valence-corrected chi connectivity index (χ1v) is 9.32. The van der Waals surface area contributed by atoms with Gasteiger partial charge < -0.3 is 25.6 Å². The Morgan fingerprint density at radius 3 is 2.60 bits per heavy atom. The lowest BCUT2D eigenvalue weighted by molar-refractivity contribution is 0.0963. The number of nitrogens with two attached hydrogens (primary N) is 1. The second-order valence-electron chi connectivity index (χ2n) is 6.73. The molecule has 1 unspecified atom stereocenters. The van der Waals surface area contributed by atoms with E-state index in [2.05, 4.69) is 22.1 Å². The quantitative estimate of drug-likeness (QED) is 0.367. The molecule has 2 saturated heterocycles. The van der Waals surface area contributed by atoms with Crippen LogP contribution in [-0.4, -0.2) is 73.8 Å². The fraction of sp³-hybridized carbons (Fsp3) is 0.882. The highest BCUT2D eigenvalue weighted by atomic mass is 127. The summed E-state index contributed by atoms with van der Waals surface area (Å²) in [6.07, 6.45) is 4.04. The zero-order valence-electron chi connectivity index (χ0n) is 15.6. The van der Waals surface area contributed by atoms with Crippen molar-refractivity contribution < 1.29 is 9.53 Å². The van der Waals surface area contributed by atoms with E-state index < -0.39 is 0 Å². The number of carbonyl (C=O) groups is 1. The fourth-order valence-corrected chi connectivity index (χ4v) is 3.49. The summed E-state index contributed by atoms with van der Waals surface area (Å²) in [6, 6.07) is 0.290. The van der Waals surface area contributed by atoms with Gasteiger partial charge >= 0.3 is 6.09 Å². The molecule has 1 amide bonds. The Morgan fingerprint density at radius 1 is 1.24 bits per heavy atom. The molecule has 0 aromatic carbocycles. The molecular weight excluding hydrogens is 433 g/mol. The van der Waals surface area contributed by atoms with Crippen molar-refractivity contribution in [1.82, 2.24) is 15.1 Å². The van der Waals surface area contributed by atoms with E-state index in [0.29, 0.717) is 31.6 Å². The molecule has 3 N–H and O–H groups in total. The Morgan fingerprint density at radius 2 is 1.96 bits per heavy atom. The molecule has 2 aliphatic rings. The average molecular weight is 467 g/mol. The Hall–Kier alpha value is -0.770. The minimum absolute atomic E-state index is 0. The van der Waals surface area contributed by atoms with Crippen LogP contribution in [0.5, 0.6) is 0 Å². The van der Waals surface area contributed by atoms with E-state index in [9.17, 15) is 4.79 Å². The number of halogens is 1. The third kappa shape index (κ3) is 7.55. The molecule has 1 atom stereocenters. The molecule has 2 aliphatic heterocycles. The number of guanidine groups is 1. The molecule has 0 bridgehead atoms. The molecule has 0 radical (unpaired) electrons. The normalized spacial score (nSPS) is 23.0. The highest BCUT2D eigenvalue weighted by molar-refractivity contribution is 14.0. The molecule has 2 fully saturated rings. The number of nitrogens with one attached hydrogen (secondary N) is 1. The van der Waals surface area contributed by atoms with E-state index in [-0.39, 0.29) is 36.1 Å². The van der Waals surface area contributed by atoms with Gasteiger partial charge in [0.2, 0.25) is 0 Å². The highest BCUT2D eigenvalue weighted by Crippen LogP contribution is 2.16. The Balaban J connectivity index is 0.00000312. The third-order valence-corrected chi connectivity index (χ3v) is 4.94. The molecule has 8 heteroatoms. The van der Waals surface area contributed by atoms with E-state index >= 15 is 0 Å². The van der Waals surface area contributed by atoms with Crippen LogP contribution < -0.4 is 11.1 Å². The summed E-state index contributed by atoms with van der Waals surface area (Å²) in [6.45, 7) is 10.1. The number of hydrogen-bond donors (Lipinski definition) is 2. The van der Waals surface area contributed by atoms with Crippen molar-refractivity contribution in [1.29, 1.82) is 0 Å². The van der Waals surface area contributed by atoms with Crippen LogP contribution >= 0.6 is 24.0 Å². The topological polar surface area (TPSA) is 83.2 Å². The number of likely N-dealkylation sites (tertiary alicyclic amines) is 2. The number of rotatable bonds is 5. The van der Waals surface area contributed by atoms with Gasteiger partial charge in [-0.05, 0) is 51.6 Å². The van der Waals surface area contributed by atoms with Gasteiger partial charge in [-0.2, -0.15) is 0 Å². The lowest BCUT2D eigenvalue weighted by Gasteiger charge is -2.32. The maximum absolute atomic E-state index is 11.7. The van der Waals surface area contributed by atoms with E-state index in [1.54, 1.807) is 4.90 Å². The van der Waals surface area contributed by atoms with Crippen molar-refractivity contribution >= 4 is 36.0 Å². The molecule has 2 heterocycles.